The molecule has 0 fully saturated rings. The Morgan fingerprint density at radius 1 is 1.10 bits per heavy atom. The van der Waals surface area contributed by atoms with E-state index in [1.54, 1.807) is 6.08 Å². The van der Waals surface area contributed by atoms with Crippen LogP contribution in [0.5, 0.6) is 0 Å². The molecule has 106 valence electrons. The van der Waals surface area contributed by atoms with Crippen molar-refractivity contribution in [2.45, 2.75) is 19.9 Å². The van der Waals surface area contributed by atoms with E-state index in [0.29, 0.717) is 6.42 Å². The fraction of sp³-hybridized carbons (Fsp3) is 0.167. The van der Waals surface area contributed by atoms with Gasteiger partial charge in [-0.05, 0) is 53.5 Å². The van der Waals surface area contributed by atoms with E-state index in [0.717, 1.165) is 29.0 Å². The molecule has 1 aliphatic carbocycles. The number of benzene rings is 2. The van der Waals surface area contributed by atoms with Crippen LogP contribution >= 0.6 is 0 Å². The SMILES string of the molecule is Cc1c(NCc2ccc(N)cc2)ccc2c1C=CC(=O)C2. The molecule has 2 aromatic carbocycles. The Kier molecular flexibility index (Phi) is 3.48. The van der Waals surface area contributed by atoms with Crippen molar-refractivity contribution in [1.82, 2.24) is 0 Å². The largest absolute Gasteiger partial charge is 0.399 e. The first-order valence-electron chi connectivity index (χ1n) is 7.05. The van der Waals surface area contributed by atoms with Gasteiger partial charge in [0.2, 0.25) is 0 Å². The van der Waals surface area contributed by atoms with Gasteiger partial charge in [0.25, 0.3) is 0 Å². The van der Waals surface area contributed by atoms with Crippen LogP contribution in [0.2, 0.25) is 0 Å². The maximum Gasteiger partial charge on any atom is 0.160 e. The molecule has 0 saturated heterocycles. The van der Waals surface area contributed by atoms with Crippen molar-refractivity contribution in [3.05, 3.63) is 64.7 Å². The summed E-state index contributed by atoms with van der Waals surface area (Å²) in [5, 5.41) is 3.45. The summed E-state index contributed by atoms with van der Waals surface area (Å²) in [4.78, 5) is 11.4. The van der Waals surface area contributed by atoms with E-state index in [4.69, 9.17) is 5.73 Å². The summed E-state index contributed by atoms with van der Waals surface area (Å²) < 4.78 is 0. The quantitative estimate of drug-likeness (QED) is 0.847. The Morgan fingerprint density at radius 3 is 2.62 bits per heavy atom. The number of hydrogen-bond acceptors (Lipinski definition) is 3. The van der Waals surface area contributed by atoms with Crippen LogP contribution in [0.1, 0.15) is 22.3 Å². The van der Waals surface area contributed by atoms with Crippen LogP contribution in [0.25, 0.3) is 6.08 Å². The molecule has 0 aliphatic heterocycles. The molecule has 0 amide bonds. The summed E-state index contributed by atoms with van der Waals surface area (Å²) in [6.07, 6.45) is 4.09. The number of nitrogens with two attached hydrogens (primary N) is 1. The lowest BCUT2D eigenvalue weighted by atomic mass is 9.92. The maximum atomic E-state index is 11.4. The minimum Gasteiger partial charge on any atom is -0.399 e. The van der Waals surface area contributed by atoms with Gasteiger partial charge < -0.3 is 11.1 Å². The zero-order chi connectivity index (χ0) is 14.8. The van der Waals surface area contributed by atoms with Crippen LogP contribution in [0.3, 0.4) is 0 Å². The molecule has 0 heterocycles. The highest BCUT2D eigenvalue weighted by atomic mass is 16.1. The third-order valence-corrected chi connectivity index (χ3v) is 3.87. The van der Waals surface area contributed by atoms with Crippen LogP contribution in [-0.4, -0.2) is 5.78 Å². The van der Waals surface area contributed by atoms with E-state index in [1.165, 1.54) is 11.1 Å². The monoisotopic (exact) mass is 278 g/mol. The third-order valence-electron chi connectivity index (χ3n) is 3.87. The lowest BCUT2D eigenvalue weighted by Crippen LogP contribution is -2.09. The van der Waals surface area contributed by atoms with E-state index < -0.39 is 0 Å². The first-order chi connectivity index (χ1) is 10.1. The van der Waals surface area contributed by atoms with E-state index in [-0.39, 0.29) is 5.78 Å². The number of allylic oxidation sites excluding steroid dienone is 1. The standard InChI is InChI=1S/C18H18N2O/c1-12-17-8-7-16(21)10-14(17)4-9-18(12)20-11-13-2-5-15(19)6-3-13/h2-9,20H,10-11,19H2,1H3. The molecule has 0 radical (unpaired) electrons. The molecule has 0 atom stereocenters. The summed E-state index contributed by atoms with van der Waals surface area (Å²) in [5.41, 5.74) is 12.2. The number of anilines is 2. The van der Waals surface area contributed by atoms with Crippen molar-refractivity contribution in [3.63, 3.8) is 0 Å². The highest BCUT2D eigenvalue weighted by Crippen LogP contribution is 2.27. The minimum atomic E-state index is 0.171. The Balaban J connectivity index is 1.80. The van der Waals surface area contributed by atoms with Gasteiger partial charge in [0, 0.05) is 24.3 Å². The van der Waals surface area contributed by atoms with Crippen molar-refractivity contribution < 1.29 is 4.79 Å². The second kappa shape index (κ2) is 5.44. The zero-order valence-corrected chi connectivity index (χ0v) is 12.0. The second-order valence-corrected chi connectivity index (χ2v) is 5.38. The molecular formula is C18H18N2O. The molecule has 21 heavy (non-hydrogen) atoms. The van der Waals surface area contributed by atoms with Crippen LogP contribution in [-0.2, 0) is 17.8 Å². The van der Waals surface area contributed by atoms with E-state index >= 15 is 0 Å². The number of ketones is 1. The molecule has 3 N–H and O–H groups in total. The van der Waals surface area contributed by atoms with Gasteiger partial charge in [0.05, 0.1) is 0 Å². The highest BCUT2D eigenvalue weighted by molar-refractivity contribution is 5.99. The van der Waals surface area contributed by atoms with Crippen LogP contribution in [0.15, 0.2) is 42.5 Å². The summed E-state index contributed by atoms with van der Waals surface area (Å²) in [7, 11) is 0. The Labute approximate surface area is 124 Å². The smallest absolute Gasteiger partial charge is 0.160 e. The molecule has 2 aromatic rings. The molecule has 3 heteroatoms. The average Bonchev–Trinajstić information content (AvgIpc) is 2.48. The predicted molar refractivity (Wildman–Crippen MR) is 87.1 cm³/mol. The van der Waals surface area contributed by atoms with Crippen LogP contribution in [0, 0.1) is 6.92 Å². The average molecular weight is 278 g/mol. The summed E-state index contributed by atoms with van der Waals surface area (Å²) >= 11 is 0. The Morgan fingerprint density at radius 2 is 1.86 bits per heavy atom. The number of fused-ring (bicyclic) bond motifs is 1. The summed E-state index contributed by atoms with van der Waals surface area (Å²) in [5.74, 6) is 0.171. The molecule has 1 aliphatic rings. The minimum absolute atomic E-state index is 0.171. The molecule has 0 spiro atoms. The zero-order valence-electron chi connectivity index (χ0n) is 12.0. The molecule has 0 saturated carbocycles. The molecule has 0 bridgehead atoms. The van der Waals surface area contributed by atoms with Crippen LogP contribution in [0.4, 0.5) is 11.4 Å². The molecule has 3 nitrogen and oxygen atoms in total. The van der Waals surface area contributed by atoms with Gasteiger partial charge in [0.1, 0.15) is 0 Å². The van der Waals surface area contributed by atoms with Gasteiger partial charge in [-0.2, -0.15) is 0 Å². The van der Waals surface area contributed by atoms with Gasteiger partial charge in [0.15, 0.2) is 5.78 Å². The van der Waals surface area contributed by atoms with Crippen molar-refractivity contribution in [2.24, 2.45) is 0 Å². The number of carbonyl (C=O) groups is 1. The number of nitrogens with one attached hydrogen (secondary N) is 1. The third kappa shape index (κ3) is 2.82. The van der Waals surface area contributed by atoms with E-state index in [9.17, 15) is 4.79 Å². The first-order valence-corrected chi connectivity index (χ1v) is 7.05. The lowest BCUT2D eigenvalue weighted by molar-refractivity contribution is -0.114. The highest BCUT2D eigenvalue weighted by Gasteiger charge is 2.14. The number of carbonyl (C=O) groups excluding carboxylic acids is 1. The molecule has 0 unspecified atom stereocenters. The first kappa shape index (κ1) is 13.4. The van der Waals surface area contributed by atoms with Crippen molar-refractivity contribution in [2.75, 3.05) is 11.1 Å². The lowest BCUT2D eigenvalue weighted by Gasteiger charge is -2.17. The number of nitrogen functional groups attached to an aromatic ring is 1. The van der Waals surface area contributed by atoms with Gasteiger partial charge in [-0.3, -0.25) is 4.79 Å². The molecule has 0 aromatic heterocycles. The molecular weight excluding hydrogens is 260 g/mol. The Hall–Kier alpha value is -2.55. The van der Waals surface area contributed by atoms with Crippen LogP contribution < -0.4 is 11.1 Å². The maximum absolute atomic E-state index is 11.4. The van der Waals surface area contributed by atoms with Crippen molar-refractivity contribution >= 4 is 23.2 Å². The van der Waals surface area contributed by atoms with Crippen molar-refractivity contribution in [3.8, 4) is 0 Å². The number of hydrogen-bond donors (Lipinski definition) is 2. The van der Waals surface area contributed by atoms with Crippen molar-refractivity contribution in [1.29, 1.82) is 0 Å². The number of rotatable bonds is 3. The Bertz CT molecular complexity index is 715. The molecule has 3 rings (SSSR count). The fourth-order valence-corrected chi connectivity index (χ4v) is 2.62. The topological polar surface area (TPSA) is 55.1 Å². The van der Waals surface area contributed by atoms with E-state index in [1.807, 2.05) is 36.4 Å². The second-order valence-electron chi connectivity index (χ2n) is 5.38. The normalized spacial score (nSPS) is 13.1. The van der Waals surface area contributed by atoms with Gasteiger partial charge in [-0.25, -0.2) is 0 Å². The van der Waals surface area contributed by atoms with E-state index in [2.05, 4.69) is 18.3 Å². The fourth-order valence-electron chi connectivity index (χ4n) is 2.62. The summed E-state index contributed by atoms with van der Waals surface area (Å²) in [6.45, 7) is 2.84. The van der Waals surface area contributed by atoms with Gasteiger partial charge >= 0.3 is 0 Å². The van der Waals surface area contributed by atoms with Gasteiger partial charge in [-0.15, -0.1) is 0 Å². The summed E-state index contributed by atoms with van der Waals surface area (Å²) in [6, 6.07) is 12.0. The van der Waals surface area contributed by atoms with Gasteiger partial charge in [-0.1, -0.05) is 24.3 Å². The predicted octanol–water partition coefficient (Wildman–Crippen LogP) is 3.33.